The number of amides is 1. The van der Waals surface area contributed by atoms with Crippen molar-refractivity contribution in [2.75, 3.05) is 12.8 Å². The van der Waals surface area contributed by atoms with E-state index in [2.05, 4.69) is 35.8 Å². The highest BCUT2D eigenvalue weighted by molar-refractivity contribution is 5.94. The summed E-state index contributed by atoms with van der Waals surface area (Å²) in [6.45, 7) is 2.03. The zero-order valence-corrected chi connectivity index (χ0v) is 17.8. The minimum Gasteiger partial charge on any atom is -0.493 e. The number of nitrogens with one attached hydrogen (secondary N) is 1. The molecule has 33 heavy (non-hydrogen) atoms. The summed E-state index contributed by atoms with van der Waals surface area (Å²) < 4.78 is 17.0. The van der Waals surface area contributed by atoms with Gasteiger partial charge in [-0.1, -0.05) is 35.5 Å². The molecule has 2 aromatic heterocycles. The van der Waals surface area contributed by atoms with Gasteiger partial charge < -0.3 is 15.2 Å². The third kappa shape index (κ3) is 4.79. The highest BCUT2D eigenvalue weighted by Crippen LogP contribution is 2.28. The summed E-state index contributed by atoms with van der Waals surface area (Å²) in [5.74, 6) is 0.589. The first-order valence-corrected chi connectivity index (χ1v) is 9.75. The predicted molar refractivity (Wildman–Crippen MR) is 117 cm³/mol. The van der Waals surface area contributed by atoms with Crippen molar-refractivity contribution in [3.63, 3.8) is 0 Å². The fourth-order valence-electron chi connectivity index (χ4n) is 2.94. The quantitative estimate of drug-likeness (QED) is 0.303. The molecule has 0 radical (unpaired) electrons. The lowest BCUT2D eigenvalue weighted by atomic mass is 10.2. The Hall–Kier alpha value is -4.74. The largest absolute Gasteiger partial charge is 0.493 e. The summed E-state index contributed by atoms with van der Waals surface area (Å²) in [6.07, 6.45) is 1.47. The van der Waals surface area contributed by atoms with Crippen LogP contribution in [0.15, 0.2) is 58.3 Å². The second kappa shape index (κ2) is 9.60. The van der Waals surface area contributed by atoms with Crippen molar-refractivity contribution in [2.45, 2.75) is 13.5 Å². The number of nitrogens with two attached hydrogens (primary N) is 1. The van der Waals surface area contributed by atoms with Gasteiger partial charge in [-0.05, 0) is 46.6 Å². The molecule has 0 saturated heterocycles. The van der Waals surface area contributed by atoms with E-state index >= 15 is 0 Å². The van der Waals surface area contributed by atoms with Crippen LogP contribution < -0.4 is 20.6 Å². The molecule has 0 spiro atoms. The minimum absolute atomic E-state index is 0.0286. The molecule has 0 atom stereocenters. The zero-order valence-electron chi connectivity index (χ0n) is 17.8. The van der Waals surface area contributed by atoms with Gasteiger partial charge in [-0.25, -0.2) is 10.1 Å². The molecule has 12 nitrogen and oxygen atoms in total. The van der Waals surface area contributed by atoms with Gasteiger partial charge in [0.25, 0.3) is 5.91 Å². The Balaban J connectivity index is 1.44. The first kappa shape index (κ1) is 21.5. The Kier molecular flexibility index (Phi) is 6.25. The van der Waals surface area contributed by atoms with Gasteiger partial charge >= 0.3 is 0 Å². The third-order valence-electron chi connectivity index (χ3n) is 4.55. The molecule has 2 heterocycles. The summed E-state index contributed by atoms with van der Waals surface area (Å²) in [4.78, 5) is 12.7. The molecule has 0 aliphatic rings. The monoisotopic (exact) mass is 448 g/mol. The van der Waals surface area contributed by atoms with E-state index in [-0.39, 0.29) is 17.3 Å². The topological polar surface area (TPSA) is 156 Å². The van der Waals surface area contributed by atoms with Crippen LogP contribution in [-0.2, 0) is 6.61 Å². The lowest BCUT2D eigenvalue weighted by Gasteiger charge is -2.11. The minimum atomic E-state index is -0.564. The van der Waals surface area contributed by atoms with Crippen molar-refractivity contribution in [2.24, 2.45) is 5.10 Å². The number of hydrazone groups is 1. The number of nitrogens with zero attached hydrogens (tertiary/aromatic N) is 6. The Morgan fingerprint density at radius 3 is 2.76 bits per heavy atom. The normalized spacial score (nSPS) is 11.0. The Morgan fingerprint density at radius 2 is 2.03 bits per heavy atom. The van der Waals surface area contributed by atoms with Gasteiger partial charge in [0.05, 0.1) is 19.0 Å². The number of carbonyl (C=O) groups is 1. The van der Waals surface area contributed by atoms with Gasteiger partial charge in [-0.2, -0.15) is 9.78 Å². The number of aromatic nitrogens is 5. The van der Waals surface area contributed by atoms with Crippen LogP contribution in [0.4, 0.5) is 5.82 Å². The smallest absolute Gasteiger partial charge is 0.292 e. The van der Waals surface area contributed by atoms with E-state index in [1.54, 1.807) is 32.2 Å². The number of aryl methyl sites for hydroxylation is 1. The van der Waals surface area contributed by atoms with Gasteiger partial charge in [-0.3, -0.25) is 4.79 Å². The molecule has 0 fully saturated rings. The summed E-state index contributed by atoms with van der Waals surface area (Å²) >= 11 is 0. The number of carbonyl (C=O) groups excluding carboxylic acids is 1. The van der Waals surface area contributed by atoms with Gasteiger partial charge in [0.2, 0.25) is 11.6 Å². The van der Waals surface area contributed by atoms with Gasteiger partial charge in [0, 0.05) is 0 Å². The second-order valence-electron chi connectivity index (χ2n) is 6.79. The van der Waals surface area contributed by atoms with Crippen LogP contribution in [0, 0.1) is 6.92 Å². The molecule has 168 valence electrons. The molecule has 4 rings (SSSR count). The zero-order chi connectivity index (χ0) is 23.2. The second-order valence-corrected chi connectivity index (χ2v) is 6.79. The fraction of sp³-hybridized carbons (Fsp3) is 0.143. The van der Waals surface area contributed by atoms with Crippen molar-refractivity contribution in [3.05, 3.63) is 71.0 Å². The maximum Gasteiger partial charge on any atom is 0.292 e. The molecule has 1 amide bonds. The molecule has 0 unspecified atom stereocenters. The highest BCUT2D eigenvalue weighted by Gasteiger charge is 2.22. The van der Waals surface area contributed by atoms with Crippen LogP contribution in [0.1, 0.15) is 27.3 Å². The van der Waals surface area contributed by atoms with E-state index in [1.165, 1.54) is 6.21 Å². The van der Waals surface area contributed by atoms with Crippen molar-refractivity contribution in [1.29, 1.82) is 0 Å². The van der Waals surface area contributed by atoms with Gasteiger partial charge in [0.15, 0.2) is 17.2 Å². The molecular weight excluding hydrogens is 428 g/mol. The lowest BCUT2D eigenvalue weighted by molar-refractivity contribution is 0.0946. The molecule has 0 saturated carbocycles. The maximum absolute atomic E-state index is 12.7. The maximum atomic E-state index is 12.7. The van der Waals surface area contributed by atoms with Gasteiger partial charge in [0.1, 0.15) is 6.61 Å². The van der Waals surface area contributed by atoms with E-state index in [0.29, 0.717) is 29.4 Å². The Labute approximate surface area is 188 Å². The van der Waals surface area contributed by atoms with E-state index in [9.17, 15) is 4.79 Å². The first-order valence-electron chi connectivity index (χ1n) is 9.75. The lowest BCUT2D eigenvalue weighted by Crippen LogP contribution is -2.22. The van der Waals surface area contributed by atoms with Crippen LogP contribution in [0.3, 0.4) is 0 Å². The van der Waals surface area contributed by atoms with Crippen LogP contribution in [0.25, 0.3) is 5.82 Å². The fourth-order valence-corrected chi connectivity index (χ4v) is 2.94. The summed E-state index contributed by atoms with van der Waals surface area (Å²) in [7, 11) is 1.55. The van der Waals surface area contributed by atoms with Crippen molar-refractivity contribution < 1.29 is 18.9 Å². The highest BCUT2D eigenvalue weighted by atomic mass is 16.6. The first-order chi connectivity index (χ1) is 16.1. The number of hydrogen-bond donors (Lipinski definition) is 2. The Bertz CT molecular complexity index is 1280. The van der Waals surface area contributed by atoms with Crippen molar-refractivity contribution in [1.82, 2.24) is 30.7 Å². The van der Waals surface area contributed by atoms with E-state index in [0.717, 1.165) is 10.2 Å². The molecule has 3 N–H and O–H groups in total. The molecule has 4 aromatic rings. The summed E-state index contributed by atoms with van der Waals surface area (Å²) in [5, 5.41) is 18.9. The van der Waals surface area contributed by atoms with Crippen molar-refractivity contribution in [3.8, 4) is 17.3 Å². The van der Waals surface area contributed by atoms with Crippen LogP contribution in [-0.4, -0.2) is 44.5 Å². The Morgan fingerprint density at radius 1 is 1.21 bits per heavy atom. The molecule has 0 bridgehead atoms. The number of anilines is 1. The number of benzene rings is 2. The molecular formula is C21H20N8O4. The summed E-state index contributed by atoms with van der Waals surface area (Å²) in [5.41, 5.74) is 10.3. The number of ether oxygens (including phenoxy) is 2. The SMILES string of the molecule is COc1cc(/C=N/NC(=O)c2c(C)nnn2-c2nonc2N)ccc1OCc1ccccc1. The summed E-state index contributed by atoms with van der Waals surface area (Å²) in [6, 6.07) is 15.1. The average Bonchev–Trinajstić information content (AvgIpc) is 3.43. The molecule has 2 aromatic carbocycles. The number of rotatable bonds is 8. The van der Waals surface area contributed by atoms with Crippen molar-refractivity contribution >= 4 is 17.9 Å². The van der Waals surface area contributed by atoms with Crippen LogP contribution in [0.2, 0.25) is 0 Å². The van der Waals surface area contributed by atoms with Crippen LogP contribution >= 0.6 is 0 Å². The third-order valence-corrected chi connectivity index (χ3v) is 4.55. The van der Waals surface area contributed by atoms with E-state index < -0.39 is 5.91 Å². The molecule has 0 aliphatic heterocycles. The number of nitrogen functional groups attached to an aromatic ring is 1. The number of hydrogen-bond acceptors (Lipinski definition) is 10. The van der Waals surface area contributed by atoms with Gasteiger partial charge in [-0.15, -0.1) is 5.10 Å². The van der Waals surface area contributed by atoms with E-state index in [1.807, 2.05) is 30.3 Å². The van der Waals surface area contributed by atoms with E-state index in [4.69, 9.17) is 15.2 Å². The molecule has 12 heteroatoms. The average molecular weight is 448 g/mol. The molecule has 0 aliphatic carbocycles. The standard InChI is InChI=1S/C21H20N8O4/c1-13-18(29(28-24-13)20-19(22)26-33-27-20)21(30)25-23-11-15-8-9-16(17(10-15)31-2)32-12-14-6-4-3-5-7-14/h3-11H,12H2,1-2H3,(H2,22,26)(H,25,30)/b23-11+. The van der Waals surface area contributed by atoms with Crippen LogP contribution in [0.5, 0.6) is 11.5 Å². The number of methoxy groups -OCH3 is 1. The predicted octanol–water partition coefficient (Wildman–Crippen LogP) is 1.89.